The van der Waals surface area contributed by atoms with E-state index in [0.29, 0.717) is 18.7 Å². The number of fused-ring (bicyclic) bond motifs is 4. The molecular formula is C19H22FN3O5. The van der Waals surface area contributed by atoms with Gasteiger partial charge >= 0.3 is 0 Å². The van der Waals surface area contributed by atoms with Crippen LogP contribution in [0.25, 0.3) is 0 Å². The molecule has 2 saturated heterocycles. The number of imide groups is 1. The summed E-state index contributed by atoms with van der Waals surface area (Å²) >= 11 is 0. The Balaban J connectivity index is 1.81. The highest BCUT2D eigenvalue weighted by atomic mass is 19.1. The number of rotatable bonds is 5. The number of anilines is 1. The average Bonchev–Trinajstić information content (AvgIpc) is 3.23. The molecule has 0 aromatic heterocycles. The number of benzene rings is 1. The predicted molar refractivity (Wildman–Crippen MR) is 95.5 cm³/mol. The molecule has 3 amide bonds. The lowest BCUT2D eigenvalue weighted by molar-refractivity contribution is -0.143. The zero-order valence-corrected chi connectivity index (χ0v) is 15.6. The Bertz CT molecular complexity index is 860. The van der Waals surface area contributed by atoms with Crippen LogP contribution in [-0.2, 0) is 24.7 Å². The van der Waals surface area contributed by atoms with E-state index < -0.39 is 53.1 Å². The van der Waals surface area contributed by atoms with Gasteiger partial charge in [0.25, 0.3) is 0 Å². The summed E-state index contributed by atoms with van der Waals surface area (Å²) in [5.74, 6) is -3.96. The SMILES string of the molecule is COCCCN1C(=O)[C@@H]2[C@H]([C@H](C)O)N[C@@]3(C(=O)Nc4ccc(F)cc43)[C@H]2C1=O. The number of nitrogens with one attached hydrogen (secondary N) is 2. The summed E-state index contributed by atoms with van der Waals surface area (Å²) in [6, 6.07) is 3.04. The third-order valence-corrected chi connectivity index (χ3v) is 5.95. The summed E-state index contributed by atoms with van der Waals surface area (Å²) < 4.78 is 19.0. The number of ether oxygens (including phenoxy) is 1. The second kappa shape index (κ2) is 6.61. The van der Waals surface area contributed by atoms with Gasteiger partial charge in [0.05, 0.1) is 17.9 Å². The fourth-order valence-corrected chi connectivity index (χ4v) is 4.77. The van der Waals surface area contributed by atoms with Gasteiger partial charge in [-0.15, -0.1) is 0 Å². The normalized spacial score (nSPS) is 32.1. The molecule has 28 heavy (non-hydrogen) atoms. The molecule has 3 aliphatic heterocycles. The van der Waals surface area contributed by atoms with Crippen LogP contribution in [0.1, 0.15) is 18.9 Å². The van der Waals surface area contributed by atoms with Gasteiger partial charge in [0.1, 0.15) is 11.4 Å². The molecule has 1 aromatic rings. The maximum atomic E-state index is 14.0. The lowest BCUT2D eigenvalue weighted by Gasteiger charge is -2.30. The highest BCUT2D eigenvalue weighted by molar-refractivity contribution is 6.15. The highest BCUT2D eigenvalue weighted by Gasteiger charge is 2.71. The molecule has 3 N–H and O–H groups in total. The van der Waals surface area contributed by atoms with Gasteiger partial charge in [0, 0.05) is 37.6 Å². The first kappa shape index (κ1) is 19.0. The Labute approximate surface area is 161 Å². The molecule has 0 radical (unpaired) electrons. The monoisotopic (exact) mass is 391 g/mol. The topological polar surface area (TPSA) is 108 Å². The summed E-state index contributed by atoms with van der Waals surface area (Å²) in [6.07, 6.45) is -0.530. The van der Waals surface area contributed by atoms with E-state index in [9.17, 15) is 23.9 Å². The van der Waals surface area contributed by atoms with Crippen molar-refractivity contribution in [2.24, 2.45) is 11.8 Å². The second-order valence-electron chi connectivity index (χ2n) is 7.54. The van der Waals surface area contributed by atoms with Crippen molar-refractivity contribution in [2.75, 3.05) is 25.6 Å². The number of carbonyl (C=O) groups is 3. The van der Waals surface area contributed by atoms with Crippen molar-refractivity contribution < 1.29 is 28.6 Å². The van der Waals surface area contributed by atoms with Crippen molar-refractivity contribution in [2.45, 2.75) is 31.0 Å². The fourth-order valence-electron chi connectivity index (χ4n) is 4.77. The quantitative estimate of drug-likeness (QED) is 0.480. The number of aliphatic hydroxyl groups is 1. The zero-order valence-electron chi connectivity index (χ0n) is 15.6. The maximum absolute atomic E-state index is 14.0. The van der Waals surface area contributed by atoms with Crippen LogP contribution >= 0.6 is 0 Å². The van der Waals surface area contributed by atoms with Crippen LogP contribution in [0.3, 0.4) is 0 Å². The number of carbonyl (C=O) groups excluding carboxylic acids is 3. The summed E-state index contributed by atoms with van der Waals surface area (Å²) in [5.41, 5.74) is -0.913. The van der Waals surface area contributed by atoms with Gasteiger partial charge in [-0.25, -0.2) is 4.39 Å². The Kier molecular flexibility index (Phi) is 4.48. The third kappa shape index (κ3) is 2.43. The molecule has 1 aromatic carbocycles. The van der Waals surface area contributed by atoms with Gasteiger partial charge in [-0.3, -0.25) is 24.6 Å². The van der Waals surface area contributed by atoms with Crippen LogP contribution in [0.4, 0.5) is 10.1 Å². The largest absolute Gasteiger partial charge is 0.392 e. The predicted octanol–water partition coefficient (Wildman–Crippen LogP) is -0.0366. The third-order valence-electron chi connectivity index (χ3n) is 5.95. The highest BCUT2D eigenvalue weighted by Crippen LogP contribution is 2.53. The van der Waals surface area contributed by atoms with E-state index in [0.717, 1.165) is 4.90 Å². The number of amides is 3. The molecule has 2 fully saturated rings. The van der Waals surface area contributed by atoms with E-state index in [2.05, 4.69) is 10.6 Å². The molecule has 9 heteroatoms. The molecule has 0 saturated carbocycles. The molecule has 0 bridgehead atoms. The van der Waals surface area contributed by atoms with E-state index in [4.69, 9.17) is 4.74 Å². The minimum Gasteiger partial charge on any atom is -0.392 e. The Morgan fingerprint density at radius 2 is 2.07 bits per heavy atom. The average molecular weight is 391 g/mol. The smallest absolute Gasteiger partial charge is 0.250 e. The molecular weight excluding hydrogens is 369 g/mol. The Hall–Kier alpha value is -2.36. The first-order valence-electron chi connectivity index (χ1n) is 9.24. The van der Waals surface area contributed by atoms with Crippen molar-refractivity contribution in [1.82, 2.24) is 10.2 Å². The minimum absolute atomic E-state index is 0.165. The summed E-state index contributed by atoms with van der Waals surface area (Å²) in [4.78, 5) is 40.4. The molecule has 3 heterocycles. The number of nitrogens with zero attached hydrogens (tertiary/aromatic N) is 1. The van der Waals surface area contributed by atoms with Crippen LogP contribution in [0.15, 0.2) is 18.2 Å². The zero-order chi connectivity index (χ0) is 20.2. The molecule has 0 unspecified atom stereocenters. The Morgan fingerprint density at radius 1 is 1.32 bits per heavy atom. The van der Waals surface area contributed by atoms with Crippen LogP contribution < -0.4 is 10.6 Å². The second-order valence-corrected chi connectivity index (χ2v) is 7.54. The number of likely N-dealkylation sites (tertiary alicyclic amines) is 1. The van der Waals surface area contributed by atoms with Gasteiger partial charge in [-0.1, -0.05) is 0 Å². The summed E-state index contributed by atoms with van der Waals surface area (Å²) in [5, 5.41) is 16.0. The molecule has 0 aliphatic carbocycles. The van der Waals surface area contributed by atoms with Crippen LogP contribution in [0.5, 0.6) is 0 Å². The van der Waals surface area contributed by atoms with Crippen molar-refractivity contribution in [3.8, 4) is 0 Å². The van der Waals surface area contributed by atoms with Gasteiger partial charge in [-0.2, -0.15) is 0 Å². The molecule has 3 aliphatic rings. The van der Waals surface area contributed by atoms with Crippen molar-refractivity contribution in [3.63, 3.8) is 0 Å². The fraction of sp³-hybridized carbons (Fsp3) is 0.526. The summed E-state index contributed by atoms with van der Waals surface area (Å²) in [6.45, 7) is 2.04. The lowest BCUT2D eigenvalue weighted by atomic mass is 9.76. The number of methoxy groups -OCH3 is 1. The molecule has 4 rings (SSSR count). The number of hydrogen-bond acceptors (Lipinski definition) is 6. The molecule has 5 atom stereocenters. The molecule has 8 nitrogen and oxygen atoms in total. The van der Waals surface area contributed by atoms with Crippen molar-refractivity contribution in [3.05, 3.63) is 29.6 Å². The van der Waals surface area contributed by atoms with Crippen LogP contribution in [0.2, 0.25) is 0 Å². The van der Waals surface area contributed by atoms with Crippen molar-refractivity contribution in [1.29, 1.82) is 0 Å². The van der Waals surface area contributed by atoms with Gasteiger partial charge < -0.3 is 15.2 Å². The van der Waals surface area contributed by atoms with E-state index in [1.54, 1.807) is 0 Å². The standard InChI is InChI=1S/C19H22FN3O5/c1-9(24)15-13-14(17(26)23(16(13)25)6-3-7-28-2)19(22-15)11-8-10(20)4-5-12(11)21-18(19)27/h4-5,8-9,13-15,22,24H,3,6-7H2,1-2H3,(H,21,27)/t9-,13-,14+,15-,19+/m0/s1. The summed E-state index contributed by atoms with van der Waals surface area (Å²) in [7, 11) is 1.53. The first-order valence-corrected chi connectivity index (χ1v) is 9.24. The first-order chi connectivity index (χ1) is 13.3. The van der Waals surface area contributed by atoms with Crippen LogP contribution in [-0.4, -0.2) is 60.1 Å². The maximum Gasteiger partial charge on any atom is 0.250 e. The van der Waals surface area contributed by atoms with Crippen molar-refractivity contribution >= 4 is 23.4 Å². The molecule has 1 spiro atoms. The minimum atomic E-state index is -1.59. The number of hydrogen-bond donors (Lipinski definition) is 3. The lowest BCUT2D eigenvalue weighted by Crippen LogP contribution is -2.54. The van der Waals surface area contributed by atoms with E-state index in [1.807, 2.05) is 0 Å². The van der Waals surface area contributed by atoms with E-state index in [-0.39, 0.29) is 12.1 Å². The Morgan fingerprint density at radius 3 is 2.75 bits per heavy atom. The van der Waals surface area contributed by atoms with Crippen LogP contribution in [0, 0.1) is 17.7 Å². The number of halogens is 1. The number of aliphatic hydroxyl groups excluding tert-OH is 1. The van der Waals surface area contributed by atoms with E-state index in [1.165, 1.54) is 32.2 Å². The molecule has 150 valence electrons. The van der Waals surface area contributed by atoms with E-state index >= 15 is 0 Å². The van der Waals surface area contributed by atoms with Gasteiger partial charge in [0.2, 0.25) is 17.7 Å². The van der Waals surface area contributed by atoms with Gasteiger partial charge in [-0.05, 0) is 31.5 Å². The van der Waals surface area contributed by atoms with Gasteiger partial charge in [0.15, 0.2) is 0 Å².